The Hall–Kier alpha value is -1.28. The molecule has 0 aliphatic heterocycles. The lowest BCUT2D eigenvalue weighted by Crippen LogP contribution is -1.99. The topological polar surface area (TPSA) is 17.8 Å². The van der Waals surface area contributed by atoms with E-state index in [1.807, 2.05) is 29.1 Å². The zero-order chi connectivity index (χ0) is 11.2. The van der Waals surface area contributed by atoms with Crippen LogP contribution in [-0.2, 0) is 13.0 Å². The second-order valence-corrected chi connectivity index (χ2v) is 4.20. The van der Waals surface area contributed by atoms with Crippen LogP contribution in [0, 0.1) is 0 Å². The second-order valence-electron chi connectivity index (χ2n) is 3.82. The Labute approximate surface area is 101 Å². The van der Waals surface area contributed by atoms with Gasteiger partial charge in [-0.3, -0.25) is 4.68 Å². The first-order valence-corrected chi connectivity index (χ1v) is 6.03. The summed E-state index contributed by atoms with van der Waals surface area (Å²) in [7, 11) is 0. The fourth-order valence-electron chi connectivity index (χ4n) is 1.66. The molecule has 2 nitrogen and oxygen atoms in total. The molecule has 2 aromatic rings. The molecule has 0 aliphatic rings. The van der Waals surface area contributed by atoms with Crippen LogP contribution >= 0.6 is 11.6 Å². The third kappa shape index (κ3) is 3.11. The standard InChI is InChI=1S/C13H15ClN2/c14-8-4-7-13-9-15-16(11-13)10-12-5-2-1-3-6-12/h1-3,5-6,9,11H,4,7-8,10H2. The first-order chi connectivity index (χ1) is 7.88. The van der Waals surface area contributed by atoms with Gasteiger partial charge in [0.1, 0.15) is 0 Å². The van der Waals surface area contributed by atoms with E-state index in [0.29, 0.717) is 5.88 Å². The highest BCUT2D eigenvalue weighted by Gasteiger charge is 1.99. The molecule has 3 heteroatoms. The molecular formula is C13H15ClN2. The highest BCUT2D eigenvalue weighted by atomic mass is 35.5. The molecule has 84 valence electrons. The molecule has 2 rings (SSSR count). The number of halogens is 1. The third-order valence-corrected chi connectivity index (χ3v) is 2.74. The Kier molecular flexibility index (Phi) is 4.00. The number of rotatable bonds is 5. The Morgan fingerprint density at radius 2 is 1.94 bits per heavy atom. The second kappa shape index (κ2) is 5.71. The Morgan fingerprint density at radius 1 is 1.12 bits per heavy atom. The molecule has 0 N–H and O–H groups in total. The molecule has 0 spiro atoms. The van der Waals surface area contributed by atoms with E-state index in [0.717, 1.165) is 19.4 Å². The van der Waals surface area contributed by atoms with Gasteiger partial charge < -0.3 is 0 Å². The summed E-state index contributed by atoms with van der Waals surface area (Å²) in [5.41, 5.74) is 2.53. The van der Waals surface area contributed by atoms with Crippen molar-refractivity contribution < 1.29 is 0 Å². The fourth-order valence-corrected chi connectivity index (χ4v) is 1.80. The summed E-state index contributed by atoms with van der Waals surface area (Å²) < 4.78 is 1.97. The lowest BCUT2D eigenvalue weighted by molar-refractivity contribution is 0.686. The normalized spacial score (nSPS) is 10.6. The van der Waals surface area contributed by atoms with Gasteiger partial charge in [-0.1, -0.05) is 30.3 Å². The van der Waals surface area contributed by atoms with Crippen molar-refractivity contribution in [1.82, 2.24) is 9.78 Å². The van der Waals surface area contributed by atoms with Crippen molar-refractivity contribution in [2.24, 2.45) is 0 Å². The smallest absolute Gasteiger partial charge is 0.0659 e. The van der Waals surface area contributed by atoms with Crippen LogP contribution in [0.25, 0.3) is 0 Å². The van der Waals surface area contributed by atoms with Crippen molar-refractivity contribution >= 4 is 11.6 Å². The van der Waals surface area contributed by atoms with E-state index in [2.05, 4.69) is 23.4 Å². The number of benzene rings is 1. The zero-order valence-electron chi connectivity index (χ0n) is 9.14. The zero-order valence-corrected chi connectivity index (χ0v) is 9.90. The number of hydrogen-bond donors (Lipinski definition) is 0. The summed E-state index contributed by atoms with van der Waals surface area (Å²) >= 11 is 5.66. The molecular weight excluding hydrogens is 220 g/mol. The predicted molar refractivity (Wildman–Crippen MR) is 66.8 cm³/mol. The molecule has 0 saturated heterocycles. The van der Waals surface area contributed by atoms with Crippen LogP contribution in [0.4, 0.5) is 0 Å². The largest absolute Gasteiger partial charge is 0.268 e. The summed E-state index contributed by atoms with van der Waals surface area (Å²) in [5, 5.41) is 4.34. The van der Waals surface area contributed by atoms with E-state index in [1.165, 1.54) is 11.1 Å². The summed E-state index contributed by atoms with van der Waals surface area (Å²) in [4.78, 5) is 0. The maximum atomic E-state index is 5.66. The Morgan fingerprint density at radius 3 is 2.69 bits per heavy atom. The highest BCUT2D eigenvalue weighted by Crippen LogP contribution is 2.06. The first-order valence-electron chi connectivity index (χ1n) is 5.50. The van der Waals surface area contributed by atoms with Crippen molar-refractivity contribution in [3.05, 3.63) is 53.9 Å². The Balaban J connectivity index is 1.97. The summed E-state index contributed by atoms with van der Waals surface area (Å²) in [6, 6.07) is 10.3. The summed E-state index contributed by atoms with van der Waals surface area (Å²) in [6.45, 7) is 0.835. The van der Waals surface area contributed by atoms with Gasteiger partial charge in [0.2, 0.25) is 0 Å². The number of hydrogen-bond acceptors (Lipinski definition) is 1. The number of nitrogens with zero attached hydrogens (tertiary/aromatic N) is 2. The SMILES string of the molecule is ClCCCc1cnn(Cc2ccccc2)c1. The van der Waals surface area contributed by atoms with Crippen LogP contribution in [0.15, 0.2) is 42.7 Å². The molecule has 1 aromatic carbocycles. The summed E-state index contributed by atoms with van der Waals surface area (Å²) in [5.74, 6) is 0.712. The minimum absolute atomic E-state index is 0.712. The number of alkyl halides is 1. The number of aromatic nitrogens is 2. The molecule has 0 unspecified atom stereocenters. The van der Waals surface area contributed by atoms with E-state index >= 15 is 0 Å². The fraction of sp³-hybridized carbons (Fsp3) is 0.308. The monoisotopic (exact) mass is 234 g/mol. The van der Waals surface area contributed by atoms with Crippen molar-refractivity contribution in [3.63, 3.8) is 0 Å². The maximum absolute atomic E-state index is 5.66. The summed E-state index contributed by atoms with van der Waals surface area (Å²) in [6.07, 6.45) is 6.05. The molecule has 0 aliphatic carbocycles. The Bertz CT molecular complexity index is 423. The molecule has 1 heterocycles. The van der Waals surface area contributed by atoms with Gasteiger partial charge in [0, 0.05) is 12.1 Å². The van der Waals surface area contributed by atoms with Gasteiger partial charge in [0.25, 0.3) is 0 Å². The highest BCUT2D eigenvalue weighted by molar-refractivity contribution is 6.17. The van der Waals surface area contributed by atoms with E-state index in [1.54, 1.807) is 0 Å². The van der Waals surface area contributed by atoms with Gasteiger partial charge in [-0.2, -0.15) is 5.10 Å². The van der Waals surface area contributed by atoms with Gasteiger partial charge in [-0.25, -0.2) is 0 Å². The quantitative estimate of drug-likeness (QED) is 0.727. The lowest BCUT2D eigenvalue weighted by atomic mass is 10.2. The molecule has 0 amide bonds. The van der Waals surface area contributed by atoms with Crippen molar-refractivity contribution in [1.29, 1.82) is 0 Å². The van der Waals surface area contributed by atoms with Crippen LogP contribution in [0.5, 0.6) is 0 Å². The molecule has 0 saturated carbocycles. The van der Waals surface area contributed by atoms with E-state index in [-0.39, 0.29) is 0 Å². The van der Waals surface area contributed by atoms with Crippen LogP contribution < -0.4 is 0 Å². The van der Waals surface area contributed by atoms with E-state index < -0.39 is 0 Å². The van der Waals surface area contributed by atoms with Crippen LogP contribution in [0.2, 0.25) is 0 Å². The lowest BCUT2D eigenvalue weighted by Gasteiger charge is -2.00. The van der Waals surface area contributed by atoms with E-state index in [9.17, 15) is 0 Å². The maximum Gasteiger partial charge on any atom is 0.0659 e. The van der Waals surface area contributed by atoms with Gasteiger partial charge in [0.15, 0.2) is 0 Å². The average molecular weight is 235 g/mol. The molecule has 0 atom stereocenters. The van der Waals surface area contributed by atoms with Crippen LogP contribution in [0.3, 0.4) is 0 Å². The van der Waals surface area contributed by atoms with Crippen LogP contribution in [0.1, 0.15) is 17.5 Å². The van der Waals surface area contributed by atoms with Crippen LogP contribution in [-0.4, -0.2) is 15.7 Å². The average Bonchev–Trinajstić information content (AvgIpc) is 2.75. The van der Waals surface area contributed by atoms with Gasteiger partial charge >= 0.3 is 0 Å². The molecule has 0 fully saturated rings. The van der Waals surface area contributed by atoms with Crippen molar-refractivity contribution in [2.45, 2.75) is 19.4 Å². The van der Waals surface area contributed by atoms with Gasteiger partial charge in [-0.05, 0) is 24.0 Å². The molecule has 0 radical (unpaired) electrons. The minimum Gasteiger partial charge on any atom is -0.268 e. The van der Waals surface area contributed by atoms with Gasteiger partial charge in [-0.15, -0.1) is 11.6 Å². The van der Waals surface area contributed by atoms with Gasteiger partial charge in [0.05, 0.1) is 12.7 Å². The molecule has 1 aromatic heterocycles. The minimum atomic E-state index is 0.712. The molecule has 0 bridgehead atoms. The number of aryl methyl sites for hydroxylation is 1. The van der Waals surface area contributed by atoms with E-state index in [4.69, 9.17) is 11.6 Å². The molecule has 16 heavy (non-hydrogen) atoms. The predicted octanol–water partition coefficient (Wildman–Crippen LogP) is 3.10. The third-order valence-electron chi connectivity index (χ3n) is 2.47. The van der Waals surface area contributed by atoms with Crippen molar-refractivity contribution in [2.75, 3.05) is 5.88 Å². The first kappa shape index (κ1) is 11.2. The van der Waals surface area contributed by atoms with Crippen molar-refractivity contribution in [3.8, 4) is 0 Å².